The van der Waals surface area contributed by atoms with E-state index in [1.54, 1.807) is 7.05 Å². The maximum Gasteiger partial charge on any atom is 0.270 e. The molecule has 12 heteroatoms. The van der Waals surface area contributed by atoms with Gasteiger partial charge in [0.1, 0.15) is 0 Å². The number of hydrogen-bond donors (Lipinski definition) is 3. The van der Waals surface area contributed by atoms with Crippen molar-refractivity contribution >= 4 is 21.7 Å². The first kappa shape index (κ1) is 22.3. The summed E-state index contributed by atoms with van der Waals surface area (Å²) >= 11 is 0. The molecule has 0 bridgehead atoms. The minimum atomic E-state index is -3.86. The van der Waals surface area contributed by atoms with Crippen molar-refractivity contribution in [3.8, 4) is 0 Å². The minimum Gasteiger partial charge on any atom is -0.359 e. The molecule has 0 aliphatic rings. The summed E-state index contributed by atoms with van der Waals surface area (Å²) in [6.07, 6.45) is 0. The van der Waals surface area contributed by atoms with Gasteiger partial charge in [-0.1, -0.05) is 25.1 Å². The second-order valence-electron chi connectivity index (χ2n) is 6.38. The van der Waals surface area contributed by atoms with E-state index in [2.05, 4.69) is 25.5 Å². The van der Waals surface area contributed by atoms with Crippen LogP contribution in [0.15, 0.2) is 44.7 Å². The van der Waals surface area contributed by atoms with Gasteiger partial charge in [-0.05, 0) is 12.0 Å². The SMILES string of the molecule is CN=C(NCCNS(=O)(=O)c1cccc([N+](=O)[O-])c1)NCc1cc(C(C)C)no1. The van der Waals surface area contributed by atoms with Gasteiger partial charge in [0.25, 0.3) is 5.69 Å². The molecule has 3 N–H and O–H groups in total. The van der Waals surface area contributed by atoms with E-state index in [4.69, 9.17) is 4.52 Å². The lowest BCUT2D eigenvalue weighted by Gasteiger charge is -2.11. The summed E-state index contributed by atoms with van der Waals surface area (Å²) in [6.45, 7) is 4.72. The Hall–Kier alpha value is -2.99. The lowest BCUT2D eigenvalue weighted by Crippen LogP contribution is -2.41. The van der Waals surface area contributed by atoms with Gasteiger partial charge < -0.3 is 15.2 Å². The van der Waals surface area contributed by atoms with Gasteiger partial charge in [0.15, 0.2) is 11.7 Å². The Morgan fingerprint density at radius 2 is 2.03 bits per heavy atom. The van der Waals surface area contributed by atoms with Gasteiger partial charge in [-0.15, -0.1) is 0 Å². The van der Waals surface area contributed by atoms with E-state index < -0.39 is 14.9 Å². The van der Waals surface area contributed by atoms with Crippen LogP contribution in [-0.2, 0) is 16.6 Å². The van der Waals surface area contributed by atoms with Crippen LogP contribution in [0.3, 0.4) is 0 Å². The highest BCUT2D eigenvalue weighted by Gasteiger charge is 2.17. The number of sulfonamides is 1. The monoisotopic (exact) mass is 424 g/mol. The molecule has 11 nitrogen and oxygen atoms in total. The van der Waals surface area contributed by atoms with Crippen molar-refractivity contribution in [1.82, 2.24) is 20.5 Å². The molecule has 2 rings (SSSR count). The van der Waals surface area contributed by atoms with Gasteiger partial charge in [0.2, 0.25) is 10.0 Å². The molecule has 0 unspecified atom stereocenters. The number of nitro benzene ring substituents is 1. The summed E-state index contributed by atoms with van der Waals surface area (Å²) in [6, 6.07) is 6.73. The number of aliphatic imine (C=N–C) groups is 1. The molecule has 0 aliphatic heterocycles. The first-order valence-corrected chi connectivity index (χ1v) is 10.4. The number of nitrogens with one attached hydrogen (secondary N) is 3. The Balaban J connectivity index is 1.81. The first-order chi connectivity index (χ1) is 13.7. The number of non-ortho nitro benzene ring substituents is 1. The van der Waals surface area contributed by atoms with Crippen LogP contribution in [0.5, 0.6) is 0 Å². The zero-order valence-corrected chi connectivity index (χ0v) is 17.2. The normalized spacial score (nSPS) is 12.2. The van der Waals surface area contributed by atoms with Crippen LogP contribution in [0.4, 0.5) is 5.69 Å². The van der Waals surface area contributed by atoms with Gasteiger partial charge in [0, 0.05) is 38.3 Å². The molecule has 1 aromatic heterocycles. The van der Waals surface area contributed by atoms with E-state index in [1.165, 1.54) is 18.2 Å². The van der Waals surface area contributed by atoms with Crippen LogP contribution < -0.4 is 15.4 Å². The maximum absolute atomic E-state index is 12.3. The molecule has 0 saturated carbocycles. The fourth-order valence-electron chi connectivity index (χ4n) is 2.29. The maximum atomic E-state index is 12.3. The van der Waals surface area contributed by atoms with Crippen LogP contribution in [0.25, 0.3) is 0 Å². The predicted molar refractivity (Wildman–Crippen MR) is 107 cm³/mol. The minimum absolute atomic E-state index is 0.0610. The topological polar surface area (TPSA) is 152 Å². The van der Waals surface area contributed by atoms with E-state index in [9.17, 15) is 18.5 Å². The highest BCUT2D eigenvalue weighted by Crippen LogP contribution is 2.17. The van der Waals surface area contributed by atoms with Crippen LogP contribution in [-0.4, -0.2) is 44.6 Å². The Labute approximate surface area is 168 Å². The number of nitrogens with zero attached hydrogens (tertiary/aromatic N) is 3. The van der Waals surface area contributed by atoms with Gasteiger partial charge in [-0.25, -0.2) is 13.1 Å². The fourth-order valence-corrected chi connectivity index (χ4v) is 3.36. The Morgan fingerprint density at radius 3 is 2.66 bits per heavy atom. The summed E-state index contributed by atoms with van der Waals surface area (Å²) < 4.78 is 32.1. The van der Waals surface area contributed by atoms with Crippen molar-refractivity contribution in [3.05, 3.63) is 51.9 Å². The number of hydrogen-bond acceptors (Lipinski definition) is 7. The number of benzene rings is 1. The molecule has 0 aliphatic carbocycles. The van der Waals surface area contributed by atoms with Gasteiger partial charge >= 0.3 is 0 Å². The van der Waals surface area contributed by atoms with Crippen LogP contribution in [0, 0.1) is 10.1 Å². The lowest BCUT2D eigenvalue weighted by atomic mass is 10.1. The Morgan fingerprint density at radius 1 is 1.28 bits per heavy atom. The molecule has 0 saturated heterocycles. The first-order valence-electron chi connectivity index (χ1n) is 8.87. The second kappa shape index (κ2) is 9.98. The molecule has 0 amide bonds. The molecule has 158 valence electrons. The van der Waals surface area contributed by atoms with Gasteiger partial charge in [0.05, 0.1) is 22.1 Å². The van der Waals surface area contributed by atoms with Gasteiger partial charge in [-0.3, -0.25) is 15.1 Å². The molecule has 0 fully saturated rings. The van der Waals surface area contributed by atoms with Crippen molar-refractivity contribution in [2.75, 3.05) is 20.1 Å². The largest absolute Gasteiger partial charge is 0.359 e. The summed E-state index contributed by atoms with van der Waals surface area (Å²) in [4.78, 5) is 14.0. The summed E-state index contributed by atoms with van der Waals surface area (Å²) in [7, 11) is -2.27. The quantitative estimate of drug-likeness (QED) is 0.179. The molecular weight excluding hydrogens is 400 g/mol. The highest BCUT2D eigenvalue weighted by molar-refractivity contribution is 7.89. The zero-order chi connectivity index (χ0) is 21.4. The number of guanidine groups is 1. The molecule has 1 aromatic carbocycles. The third kappa shape index (κ3) is 6.54. The van der Waals surface area contributed by atoms with Crippen molar-refractivity contribution in [2.45, 2.75) is 31.2 Å². The average molecular weight is 424 g/mol. The van der Waals surface area contributed by atoms with Crippen LogP contribution in [0.1, 0.15) is 31.2 Å². The predicted octanol–water partition coefficient (Wildman–Crippen LogP) is 1.35. The Kier molecular flexibility index (Phi) is 7.67. The average Bonchev–Trinajstić information content (AvgIpc) is 3.17. The van der Waals surface area contributed by atoms with E-state index in [1.807, 2.05) is 19.9 Å². The van der Waals surface area contributed by atoms with Gasteiger partial charge in [-0.2, -0.15) is 0 Å². The molecule has 0 atom stereocenters. The fraction of sp³-hybridized carbons (Fsp3) is 0.412. The number of nitro groups is 1. The van der Waals surface area contributed by atoms with Crippen LogP contribution in [0.2, 0.25) is 0 Å². The van der Waals surface area contributed by atoms with E-state index in [0.717, 1.165) is 11.8 Å². The zero-order valence-electron chi connectivity index (χ0n) is 16.4. The summed E-state index contributed by atoms with van der Waals surface area (Å²) in [5.74, 6) is 1.38. The molecule has 0 spiro atoms. The molecular formula is C17H24N6O5S. The van der Waals surface area contributed by atoms with Crippen molar-refractivity contribution in [1.29, 1.82) is 0 Å². The number of aromatic nitrogens is 1. The molecule has 0 radical (unpaired) electrons. The van der Waals surface area contributed by atoms with Crippen molar-refractivity contribution < 1.29 is 17.9 Å². The number of rotatable bonds is 9. The second-order valence-corrected chi connectivity index (χ2v) is 8.14. The highest BCUT2D eigenvalue weighted by atomic mass is 32.2. The van der Waals surface area contributed by atoms with Crippen molar-refractivity contribution in [3.63, 3.8) is 0 Å². The molecule has 1 heterocycles. The smallest absolute Gasteiger partial charge is 0.270 e. The third-order valence-corrected chi connectivity index (χ3v) is 5.33. The van der Waals surface area contributed by atoms with E-state index in [0.29, 0.717) is 18.3 Å². The van der Waals surface area contributed by atoms with Crippen molar-refractivity contribution in [2.24, 2.45) is 4.99 Å². The third-order valence-electron chi connectivity index (χ3n) is 3.87. The standard InChI is InChI=1S/C17H24N6O5S/c1-12(2)16-10-14(28-22-16)11-20-17(18-3)19-7-8-21-29(26,27)15-6-4-5-13(9-15)23(24)25/h4-6,9-10,12,21H,7-8,11H2,1-3H3,(H2,18,19,20). The van der Waals surface area contributed by atoms with E-state index >= 15 is 0 Å². The summed E-state index contributed by atoms with van der Waals surface area (Å²) in [5, 5.41) is 20.8. The van der Waals surface area contributed by atoms with E-state index in [-0.39, 0.29) is 29.6 Å². The molecule has 2 aromatic rings. The summed E-state index contributed by atoms with van der Waals surface area (Å²) in [5.41, 5.74) is 0.573. The Bertz CT molecular complexity index is 970. The van der Waals surface area contributed by atoms with Crippen LogP contribution >= 0.6 is 0 Å². The molecule has 29 heavy (non-hydrogen) atoms. The lowest BCUT2D eigenvalue weighted by molar-refractivity contribution is -0.385.